The van der Waals surface area contributed by atoms with E-state index in [0.717, 1.165) is 38.4 Å². The van der Waals surface area contributed by atoms with Crippen LogP contribution in [0.1, 0.15) is 34.6 Å². The van der Waals surface area contributed by atoms with Crippen molar-refractivity contribution in [2.24, 2.45) is 0 Å². The van der Waals surface area contributed by atoms with Crippen molar-refractivity contribution in [1.29, 1.82) is 0 Å². The van der Waals surface area contributed by atoms with Crippen LogP contribution in [0.4, 0.5) is 17.1 Å². The van der Waals surface area contributed by atoms with E-state index < -0.39 is 16.8 Å². The lowest BCUT2D eigenvalue weighted by molar-refractivity contribution is -0.384. The maximum absolute atomic E-state index is 12.9. The number of carbonyl (C=O) groups excluding carboxylic acids is 2. The molecule has 1 heterocycles. The van der Waals surface area contributed by atoms with E-state index in [-0.39, 0.29) is 17.9 Å². The van der Waals surface area contributed by atoms with Crippen LogP contribution in [0.5, 0.6) is 0 Å². The van der Waals surface area contributed by atoms with Crippen molar-refractivity contribution in [1.82, 2.24) is 4.90 Å². The Kier molecular flexibility index (Phi) is 7.19. The smallest absolute Gasteiger partial charge is 0.338 e. The summed E-state index contributed by atoms with van der Waals surface area (Å²) in [6, 6.07) is 10.6. The molecule has 1 N–H and O–H groups in total. The molecule has 0 unspecified atom stereocenters. The first-order chi connectivity index (χ1) is 14.9. The molecular weight excluding hydrogens is 400 g/mol. The third-order valence-corrected chi connectivity index (χ3v) is 5.24. The van der Waals surface area contributed by atoms with Gasteiger partial charge in [-0.1, -0.05) is 13.0 Å². The van der Waals surface area contributed by atoms with Crippen LogP contribution in [0.15, 0.2) is 42.5 Å². The Hall–Kier alpha value is -3.46. The number of rotatable bonds is 7. The molecule has 31 heavy (non-hydrogen) atoms. The second kappa shape index (κ2) is 10.0. The van der Waals surface area contributed by atoms with Crippen LogP contribution in [0.3, 0.4) is 0 Å². The van der Waals surface area contributed by atoms with E-state index in [2.05, 4.69) is 22.0 Å². The van der Waals surface area contributed by atoms with Gasteiger partial charge in [0.15, 0.2) is 0 Å². The van der Waals surface area contributed by atoms with E-state index in [4.69, 9.17) is 4.74 Å². The van der Waals surface area contributed by atoms with E-state index in [9.17, 15) is 19.7 Å². The maximum Gasteiger partial charge on any atom is 0.338 e. The van der Waals surface area contributed by atoms with Crippen LogP contribution in [0, 0.1) is 10.1 Å². The van der Waals surface area contributed by atoms with Crippen molar-refractivity contribution in [3.63, 3.8) is 0 Å². The molecule has 2 aromatic carbocycles. The molecule has 0 radical (unpaired) electrons. The van der Waals surface area contributed by atoms with E-state index in [1.54, 1.807) is 25.1 Å². The first kappa shape index (κ1) is 22.2. The first-order valence-corrected chi connectivity index (χ1v) is 10.3. The second-order valence-corrected chi connectivity index (χ2v) is 7.14. The Labute approximate surface area is 180 Å². The first-order valence-electron chi connectivity index (χ1n) is 10.3. The monoisotopic (exact) mass is 426 g/mol. The number of nitro groups is 1. The Morgan fingerprint density at radius 2 is 1.81 bits per heavy atom. The second-order valence-electron chi connectivity index (χ2n) is 7.14. The van der Waals surface area contributed by atoms with Crippen LogP contribution in [0.25, 0.3) is 0 Å². The summed E-state index contributed by atoms with van der Waals surface area (Å²) in [6.45, 7) is 8.43. The Morgan fingerprint density at radius 3 is 2.45 bits per heavy atom. The molecule has 1 aliphatic rings. The summed E-state index contributed by atoms with van der Waals surface area (Å²) < 4.78 is 5.08. The van der Waals surface area contributed by atoms with E-state index in [1.807, 2.05) is 0 Å². The molecule has 0 bridgehead atoms. The molecule has 9 heteroatoms. The average Bonchev–Trinajstić information content (AvgIpc) is 2.79. The van der Waals surface area contributed by atoms with Gasteiger partial charge in [0.25, 0.3) is 11.6 Å². The number of piperazine rings is 1. The van der Waals surface area contributed by atoms with Crippen LogP contribution < -0.4 is 10.2 Å². The Bertz CT molecular complexity index is 970. The Morgan fingerprint density at radius 1 is 1.06 bits per heavy atom. The van der Waals surface area contributed by atoms with Crippen LogP contribution in [-0.2, 0) is 4.74 Å². The molecule has 0 aromatic heterocycles. The number of esters is 1. The highest BCUT2D eigenvalue weighted by Gasteiger charge is 2.21. The van der Waals surface area contributed by atoms with E-state index in [0.29, 0.717) is 11.3 Å². The lowest BCUT2D eigenvalue weighted by atomic mass is 10.1. The fraction of sp³-hybridized carbons (Fsp3) is 0.364. The fourth-order valence-electron chi connectivity index (χ4n) is 3.51. The maximum atomic E-state index is 12.9. The molecule has 3 rings (SSSR count). The molecule has 2 aromatic rings. The average molecular weight is 426 g/mol. The predicted octanol–water partition coefficient (Wildman–Crippen LogP) is 3.17. The van der Waals surface area contributed by atoms with Crippen LogP contribution in [0.2, 0.25) is 0 Å². The van der Waals surface area contributed by atoms with Gasteiger partial charge in [-0.05, 0) is 37.7 Å². The Balaban J connectivity index is 1.90. The quantitative estimate of drug-likeness (QED) is 0.412. The zero-order chi connectivity index (χ0) is 22.4. The van der Waals surface area contributed by atoms with E-state index in [1.165, 1.54) is 24.3 Å². The van der Waals surface area contributed by atoms with Crippen molar-refractivity contribution in [2.45, 2.75) is 13.8 Å². The van der Waals surface area contributed by atoms with Gasteiger partial charge in [0.2, 0.25) is 0 Å². The zero-order valence-corrected chi connectivity index (χ0v) is 17.7. The molecule has 1 amide bonds. The van der Waals surface area contributed by atoms with Crippen molar-refractivity contribution in [3.8, 4) is 0 Å². The van der Waals surface area contributed by atoms with Gasteiger partial charge in [-0.15, -0.1) is 0 Å². The van der Waals surface area contributed by atoms with Gasteiger partial charge in [0.1, 0.15) is 0 Å². The standard InChI is InChI=1S/C22H26N4O5/c1-3-24-10-12-25(13-11-24)20-9-8-17(22(28)31-4-2)15-19(20)23-21(27)16-6-5-7-18(14-16)26(29)30/h5-9,14-15H,3-4,10-13H2,1-2H3,(H,23,27). The number of non-ortho nitro benzene ring substituents is 1. The third kappa shape index (κ3) is 5.37. The van der Waals surface area contributed by atoms with Crippen molar-refractivity contribution in [3.05, 3.63) is 63.7 Å². The molecule has 0 spiro atoms. The van der Waals surface area contributed by atoms with Gasteiger partial charge < -0.3 is 19.9 Å². The van der Waals surface area contributed by atoms with Gasteiger partial charge in [-0.3, -0.25) is 14.9 Å². The van der Waals surface area contributed by atoms with Crippen LogP contribution >= 0.6 is 0 Å². The summed E-state index contributed by atoms with van der Waals surface area (Å²) >= 11 is 0. The molecule has 0 saturated carbocycles. The predicted molar refractivity (Wildman–Crippen MR) is 118 cm³/mol. The minimum atomic E-state index is -0.545. The molecule has 0 aliphatic carbocycles. The van der Waals surface area contributed by atoms with Crippen molar-refractivity contribution < 1.29 is 19.2 Å². The summed E-state index contributed by atoms with van der Waals surface area (Å²) in [7, 11) is 0. The summed E-state index contributed by atoms with van der Waals surface area (Å²) in [5, 5.41) is 13.9. The molecule has 1 saturated heterocycles. The fourth-order valence-corrected chi connectivity index (χ4v) is 3.51. The summed E-state index contributed by atoms with van der Waals surface area (Å²) in [5.74, 6) is -0.964. The van der Waals surface area contributed by atoms with Gasteiger partial charge in [0, 0.05) is 43.9 Å². The van der Waals surface area contributed by atoms with Crippen LogP contribution in [-0.4, -0.2) is 61.0 Å². The number of ether oxygens (including phenoxy) is 1. The number of benzene rings is 2. The lowest BCUT2D eigenvalue weighted by Crippen LogP contribution is -2.46. The minimum absolute atomic E-state index is 0.163. The van der Waals surface area contributed by atoms with Gasteiger partial charge in [-0.2, -0.15) is 0 Å². The number of nitrogens with zero attached hydrogens (tertiary/aromatic N) is 3. The molecule has 0 atom stereocenters. The summed E-state index contributed by atoms with van der Waals surface area (Å²) in [6.07, 6.45) is 0. The summed E-state index contributed by atoms with van der Waals surface area (Å²) in [5.41, 5.74) is 1.59. The van der Waals surface area contributed by atoms with E-state index >= 15 is 0 Å². The molecular formula is C22H26N4O5. The highest BCUT2D eigenvalue weighted by Crippen LogP contribution is 2.29. The number of carbonyl (C=O) groups is 2. The number of amides is 1. The SMILES string of the molecule is CCOC(=O)c1ccc(N2CCN(CC)CC2)c(NC(=O)c2cccc([N+](=O)[O-])c2)c1. The van der Waals surface area contributed by atoms with Crippen molar-refractivity contribution >= 4 is 28.9 Å². The minimum Gasteiger partial charge on any atom is -0.462 e. The largest absolute Gasteiger partial charge is 0.462 e. The number of likely N-dealkylation sites (N-methyl/N-ethyl adjacent to an activating group) is 1. The number of hydrogen-bond donors (Lipinski definition) is 1. The van der Waals surface area contributed by atoms with Gasteiger partial charge in [0.05, 0.1) is 28.5 Å². The lowest BCUT2D eigenvalue weighted by Gasteiger charge is -2.36. The summed E-state index contributed by atoms with van der Waals surface area (Å²) in [4.78, 5) is 40.1. The normalized spacial score (nSPS) is 14.2. The molecule has 164 valence electrons. The highest BCUT2D eigenvalue weighted by molar-refractivity contribution is 6.07. The molecule has 1 aliphatic heterocycles. The highest BCUT2D eigenvalue weighted by atomic mass is 16.6. The number of anilines is 2. The third-order valence-electron chi connectivity index (χ3n) is 5.24. The number of hydrogen-bond acceptors (Lipinski definition) is 7. The molecule has 1 fully saturated rings. The number of nitro benzene ring substituents is 1. The topological polar surface area (TPSA) is 105 Å². The number of nitrogens with one attached hydrogen (secondary N) is 1. The van der Waals surface area contributed by atoms with Gasteiger partial charge >= 0.3 is 5.97 Å². The zero-order valence-electron chi connectivity index (χ0n) is 17.7. The molecule has 9 nitrogen and oxygen atoms in total. The van der Waals surface area contributed by atoms with Gasteiger partial charge in [-0.25, -0.2) is 4.79 Å². The van der Waals surface area contributed by atoms with Crippen molar-refractivity contribution in [2.75, 3.05) is 49.5 Å².